The molecule has 1 saturated carbocycles. The average molecular weight is 372 g/mol. The topological polar surface area (TPSA) is 58.9 Å². The molecule has 0 spiro atoms. The lowest BCUT2D eigenvalue weighted by molar-refractivity contribution is -0.127. The van der Waals surface area contributed by atoms with E-state index in [9.17, 15) is 9.59 Å². The molecule has 3 aliphatic rings. The summed E-state index contributed by atoms with van der Waals surface area (Å²) in [7, 11) is 0. The van der Waals surface area contributed by atoms with Crippen molar-refractivity contribution in [3.8, 4) is 0 Å². The van der Waals surface area contributed by atoms with Crippen molar-refractivity contribution in [2.45, 2.75) is 38.0 Å². The van der Waals surface area contributed by atoms with Crippen LogP contribution in [-0.2, 0) is 9.59 Å². The molecule has 0 aromatic heterocycles. The van der Waals surface area contributed by atoms with Crippen LogP contribution in [0.15, 0.2) is 76.9 Å². The van der Waals surface area contributed by atoms with Gasteiger partial charge in [-0.25, -0.2) is 9.98 Å². The summed E-state index contributed by atoms with van der Waals surface area (Å²) < 4.78 is 0. The minimum absolute atomic E-state index is 0.158. The summed E-state index contributed by atoms with van der Waals surface area (Å²) in [4.78, 5) is 35.2. The van der Waals surface area contributed by atoms with Gasteiger partial charge in [-0.2, -0.15) is 0 Å². The first-order valence-electron chi connectivity index (χ1n) is 9.91. The van der Waals surface area contributed by atoms with Gasteiger partial charge < -0.3 is 0 Å². The van der Waals surface area contributed by atoms with Crippen molar-refractivity contribution < 1.29 is 9.59 Å². The van der Waals surface area contributed by atoms with Crippen LogP contribution < -0.4 is 0 Å². The quantitative estimate of drug-likeness (QED) is 0.541. The fraction of sp³-hybridized carbons (Fsp3) is 0.333. The molecule has 1 aromatic rings. The molecule has 1 heterocycles. The summed E-state index contributed by atoms with van der Waals surface area (Å²) in [5, 5.41) is 0. The van der Waals surface area contributed by atoms with Crippen molar-refractivity contribution in [1.29, 1.82) is 0 Å². The van der Waals surface area contributed by atoms with E-state index >= 15 is 0 Å². The third-order valence-corrected chi connectivity index (χ3v) is 5.95. The number of amidine groups is 1. The van der Waals surface area contributed by atoms with Crippen molar-refractivity contribution in [2.75, 3.05) is 0 Å². The summed E-state index contributed by atoms with van der Waals surface area (Å²) in [6.45, 7) is 7.45. The van der Waals surface area contributed by atoms with Crippen molar-refractivity contribution in [3.63, 3.8) is 0 Å². The zero-order chi connectivity index (χ0) is 19.7. The van der Waals surface area contributed by atoms with Gasteiger partial charge in [0.15, 0.2) is 11.6 Å². The van der Waals surface area contributed by atoms with Crippen LogP contribution in [-0.4, -0.2) is 23.1 Å². The number of fused-ring (bicyclic) bond motifs is 1. The molecule has 4 nitrogen and oxygen atoms in total. The lowest BCUT2D eigenvalue weighted by Gasteiger charge is -2.21. The summed E-state index contributed by atoms with van der Waals surface area (Å²) in [6.07, 6.45) is 7.23. The molecule has 28 heavy (non-hydrogen) atoms. The molecule has 0 radical (unpaired) electrons. The van der Waals surface area contributed by atoms with Crippen molar-refractivity contribution >= 4 is 23.1 Å². The van der Waals surface area contributed by atoms with E-state index in [1.165, 1.54) is 5.56 Å². The van der Waals surface area contributed by atoms with Gasteiger partial charge >= 0.3 is 0 Å². The lowest BCUT2D eigenvalue weighted by Crippen LogP contribution is -2.36. The van der Waals surface area contributed by atoms with E-state index in [1.54, 1.807) is 12.2 Å². The second-order valence-electron chi connectivity index (χ2n) is 7.61. The average Bonchev–Trinajstić information content (AvgIpc) is 3.36. The van der Waals surface area contributed by atoms with Crippen LogP contribution >= 0.6 is 0 Å². The summed E-state index contributed by atoms with van der Waals surface area (Å²) >= 11 is 0. The molecule has 4 heteroatoms. The minimum Gasteiger partial charge on any atom is -0.294 e. The van der Waals surface area contributed by atoms with Gasteiger partial charge in [-0.3, -0.25) is 9.59 Å². The predicted molar refractivity (Wildman–Crippen MR) is 112 cm³/mol. The first-order valence-corrected chi connectivity index (χ1v) is 9.91. The Morgan fingerprint density at radius 3 is 2.43 bits per heavy atom. The Hall–Kier alpha value is -2.88. The number of nitrogens with zero attached hydrogens (tertiary/aromatic N) is 2. The molecule has 4 rings (SSSR count). The first-order chi connectivity index (χ1) is 13.7. The molecule has 3 atom stereocenters. The lowest BCUT2D eigenvalue weighted by atomic mass is 9.80. The molecule has 0 bridgehead atoms. The highest BCUT2D eigenvalue weighted by molar-refractivity contribution is 6.55. The van der Waals surface area contributed by atoms with Crippen molar-refractivity contribution in [2.24, 2.45) is 21.8 Å². The largest absolute Gasteiger partial charge is 0.294 e. The number of carbonyl (C=O) groups is 2. The normalized spacial score (nSPS) is 26.8. The summed E-state index contributed by atoms with van der Waals surface area (Å²) in [5.74, 6) is 0.133. The summed E-state index contributed by atoms with van der Waals surface area (Å²) in [6, 6.07) is 10.4. The highest BCUT2D eigenvalue weighted by Gasteiger charge is 2.43. The predicted octanol–water partition coefficient (Wildman–Crippen LogP) is 4.60. The fourth-order valence-corrected chi connectivity index (χ4v) is 4.61. The second kappa shape index (κ2) is 7.63. The third kappa shape index (κ3) is 3.03. The highest BCUT2D eigenvalue weighted by atomic mass is 16.2. The first kappa shape index (κ1) is 18.5. The Bertz CT molecular complexity index is 937. The molecular weight excluding hydrogens is 348 g/mol. The smallest absolute Gasteiger partial charge is 0.194 e. The van der Waals surface area contributed by atoms with E-state index in [-0.39, 0.29) is 17.5 Å². The number of Topliss-reactive ketones (excluding diaryl/α,β-unsaturated/α-hetero) is 2. The Morgan fingerprint density at radius 2 is 1.71 bits per heavy atom. The monoisotopic (exact) mass is 372 g/mol. The zero-order valence-corrected chi connectivity index (χ0v) is 15.9. The van der Waals surface area contributed by atoms with E-state index in [1.807, 2.05) is 6.07 Å². The van der Waals surface area contributed by atoms with E-state index in [4.69, 9.17) is 4.99 Å². The number of hydrogen-bond acceptors (Lipinski definition) is 4. The standard InChI is InChI=1S/C24H24N2O2/c1-3-9-18-20-21(23(28)19(10-4-2)22(18)27)26-24(25-20)17-14-8-13-16(17)15-11-6-5-7-12-15/h3-7,11-12,16-17,19H,1-2,8-10,13-14H2. The number of rotatable bonds is 6. The molecule has 0 saturated heterocycles. The Morgan fingerprint density at radius 1 is 0.964 bits per heavy atom. The van der Waals surface area contributed by atoms with Crippen molar-refractivity contribution in [3.05, 3.63) is 72.5 Å². The molecule has 1 aliphatic heterocycles. The zero-order valence-electron chi connectivity index (χ0n) is 15.9. The van der Waals surface area contributed by atoms with Gasteiger partial charge in [0.1, 0.15) is 17.2 Å². The van der Waals surface area contributed by atoms with E-state index in [0.717, 1.165) is 19.3 Å². The van der Waals surface area contributed by atoms with E-state index < -0.39 is 5.92 Å². The maximum atomic E-state index is 12.9. The van der Waals surface area contributed by atoms with Gasteiger partial charge in [-0.1, -0.05) is 48.9 Å². The molecule has 2 aliphatic carbocycles. The third-order valence-electron chi connectivity index (χ3n) is 5.95. The number of benzene rings is 1. The number of aliphatic imine (C=N–C) groups is 2. The van der Waals surface area contributed by atoms with Crippen LogP contribution in [0.4, 0.5) is 0 Å². The molecule has 0 amide bonds. The fourth-order valence-electron chi connectivity index (χ4n) is 4.61. The van der Waals surface area contributed by atoms with Gasteiger partial charge in [0, 0.05) is 11.5 Å². The minimum atomic E-state index is -0.724. The van der Waals surface area contributed by atoms with Gasteiger partial charge in [-0.15, -0.1) is 13.2 Å². The maximum absolute atomic E-state index is 12.9. The number of ketones is 2. The van der Waals surface area contributed by atoms with Gasteiger partial charge in [0.05, 0.1) is 5.92 Å². The van der Waals surface area contributed by atoms with Crippen LogP contribution in [0.3, 0.4) is 0 Å². The molecule has 142 valence electrons. The number of carbonyl (C=O) groups excluding carboxylic acids is 2. The van der Waals surface area contributed by atoms with Crippen molar-refractivity contribution in [1.82, 2.24) is 0 Å². The summed E-state index contributed by atoms with van der Waals surface area (Å²) in [5.41, 5.74) is 2.68. The molecule has 0 N–H and O–H groups in total. The van der Waals surface area contributed by atoms with Crippen LogP contribution in [0, 0.1) is 11.8 Å². The molecular formula is C24H24N2O2. The maximum Gasteiger partial charge on any atom is 0.194 e. The Kier molecular flexibility index (Phi) is 5.03. The van der Waals surface area contributed by atoms with Crippen LogP contribution in [0.1, 0.15) is 43.6 Å². The van der Waals surface area contributed by atoms with Gasteiger partial charge in [0.2, 0.25) is 0 Å². The van der Waals surface area contributed by atoms with E-state index in [0.29, 0.717) is 41.6 Å². The van der Waals surface area contributed by atoms with E-state index in [2.05, 4.69) is 42.4 Å². The highest BCUT2D eigenvalue weighted by Crippen LogP contribution is 2.43. The number of allylic oxidation sites excluding steroid dienone is 4. The van der Waals surface area contributed by atoms with Gasteiger partial charge in [-0.05, 0) is 37.2 Å². The second-order valence-corrected chi connectivity index (χ2v) is 7.61. The molecule has 3 unspecified atom stereocenters. The number of hydrogen-bond donors (Lipinski definition) is 0. The Labute approximate surface area is 165 Å². The van der Waals surface area contributed by atoms with Gasteiger partial charge in [0.25, 0.3) is 0 Å². The van der Waals surface area contributed by atoms with Crippen LogP contribution in [0.25, 0.3) is 0 Å². The van der Waals surface area contributed by atoms with Crippen LogP contribution in [0.5, 0.6) is 0 Å². The SMILES string of the molecule is C=CCC1=C2N=C(C3CCCC3c3ccccc3)N=C2C(=O)C(CC=C)C1=O. The van der Waals surface area contributed by atoms with Crippen LogP contribution in [0.2, 0.25) is 0 Å². The molecule has 1 aromatic carbocycles. The molecule has 1 fully saturated rings. The Balaban J connectivity index is 1.74.